The Bertz CT molecular complexity index is 288. The molecule has 0 saturated carbocycles. The Morgan fingerprint density at radius 1 is 1.64 bits per heavy atom. The van der Waals surface area contributed by atoms with Gasteiger partial charge in [0.15, 0.2) is 0 Å². The van der Waals surface area contributed by atoms with Crippen LogP contribution in [0.3, 0.4) is 0 Å². The van der Waals surface area contributed by atoms with Gasteiger partial charge in [-0.25, -0.2) is 0 Å². The van der Waals surface area contributed by atoms with Gasteiger partial charge in [0.2, 0.25) is 0 Å². The van der Waals surface area contributed by atoms with Crippen molar-refractivity contribution in [2.75, 3.05) is 18.5 Å². The van der Waals surface area contributed by atoms with Crippen LogP contribution in [0.5, 0.6) is 0 Å². The van der Waals surface area contributed by atoms with Crippen LogP contribution in [-0.2, 0) is 6.54 Å². The molecule has 0 aliphatic rings. The van der Waals surface area contributed by atoms with Gasteiger partial charge in [0, 0.05) is 32.0 Å². The summed E-state index contributed by atoms with van der Waals surface area (Å²) < 4.78 is 0. The van der Waals surface area contributed by atoms with Crippen LogP contribution in [0.2, 0.25) is 0 Å². The average Bonchev–Trinajstić information content (AvgIpc) is 2.17. The van der Waals surface area contributed by atoms with E-state index in [4.69, 9.17) is 5.73 Å². The second-order valence-corrected chi connectivity index (χ2v) is 3.44. The lowest BCUT2D eigenvalue weighted by atomic mass is 10.2. The lowest BCUT2D eigenvalue weighted by molar-refractivity contribution is 0.201. The number of rotatable bonds is 4. The highest BCUT2D eigenvalue weighted by atomic mass is 16.3. The maximum absolute atomic E-state index is 9.23. The van der Waals surface area contributed by atoms with Crippen LogP contribution in [0.1, 0.15) is 12.6 Å². The largest absolute Gasteiger partial charge is 0.392 e. The number of aliphatic hydroxyl groups is 1. The van der Waals surface area contributed by atoms with Gasteiger partial charge in [0.25, 0.3) is 0 Å². The lowest BCUT2D eigenvalue weighted by Gasteiger charge is -2.21. The predicted molar refractivity (Wildman–Crippen MR) is 57.1 cm³/mol. The maximum atomic E-state index is 9.23. The third kappa shape index (κ3) is 2.97. The average molecular weight is 195 g/mol. The molecule has 0 saturated heterocycles. The first-order valence-corrected chi connectivity index (χ1v) is 4.67. The minimum atomic E-state index is -0.338. The number of anilines is 1. The van der Waals surface area contributed by atoms with Crippen molar-refractivity contribution in [2.45, 2.75) is 19.6 Å². The van der Waals surface area contributed by atoms with Crippen molar-refractivity contribution in [1.29, 1.82) is 0 Å². The molecule has 1 aromatic heterocycles. The fraction of sp³-hybridized carbons (Fsp3) is 0.500. The van der Waals surface area contributed by atoms with Gasteiger partial charge in [-0.2, -0.15) is 0 Å². The summed E-state index contributed by atoms with van der Waals surface area (Å²) in [5.41, 5.74) is 7.38. The van der Waals surface area contributed by atoms with Gasteiger partial charge in [0.05, 0.1) is 11.8 Å². The fourth-order valence-corrected chi connectivity index (χ4v) is 1.32. The van der Waals surface area contributed by atoms with E-state index in [0.717, 1.165) is 11.4 Å². The Hall–Kier alpha value is -1.13. The Morgan fingerprint density at radius 2 is 2.36 bits per heavy atom. The monoisotopic (exact) mass is 195 g/mol. The highest BCUT2D eigenvalue weighted by Gasteiger charge is 2.04. The number of nitrogens with two attached hydrogens (primary N) is 1. The number of nitrogens with zero attached hydrogens (tertiary/aromatic N) is 2. The van der Waals surface area contributed by atoms with Crippen molar-refractivity contribution in [2.24, 2.45) is 5.73 Å². The number of likely N-dealkylation sites (N-methyl/N-ethyl adjacent to an activating group) is 1. The maximum Gasteiger partial charge on any atom is 0.0686 e. The molecule has 1 atom stereocenters. The highest BCUT2D eigenvalue weighted by molar-refractivity contribution is 5.45. The molecule has 1 aromatic rings. The molecule has 78 valence electrons. The SMILES string of the molecule is CC(O)CN(C)c1ccnc(CN)c1. The summed E-state index contributed by atoms with van der Waals surface area (Å²) in [5, 5.41) is 9.23. The lowest BCUT2D eigenvalue weighted by Crippen LogP contribution is -2.27. The van der Waals surface area contributed by atoms with Crippen LogP contribution in [0, 0.1) is 0 Å². The van der Waals surface area contributed by atoms with Gasteiger partial charge in [-0.3, -0.25) is 4.98 Å². The molecule has 0 fully saturated rings. The van der Waals surface area contributed by atoms with Gasteiger partial charge in [-0.1, -0.05) is 0 Å². The van der Waals surface area contributed by atoms with Crippen LogP contribution in [-0.4, -0.2) is 29.8 Å². The zero-order valence-electron chi connectivity index (χ0n) is 8.64. The molecule has 0 aliphatic carbocycles. The van der Waals surface area contributed by atoms with Crippen molar-refractivity contribution in [3.63, 3.8) is 0 Å². The van der Waals surface area contributed by atoms with Gasteiger partial charge in [-0.05, 0) is 19.1 Å². The minimum Gasteiger partial charge on any atom is -0.392 e. The van der Waals surface area contributed by atoms with Crippen LogP contribution in [0.25, 0.3) is 0 Å². The van der Waals surface area contributed by atoms with E-state index in [-0.39, 0.29) is 6.10 Å². The van der Waals surface area contributed by atoms with Gasteiger partial charge in [-0.15, -0.1) is 0 Å². The molecule has 1 unspecified atom stereocenters. The van der Waals surface area contributed by atoms with Gasteiger partial charge >= 0.3 is 0 Å². The molecule has 0 spiro atoms. The van der Waals surface area contributed by atoms with Crippen molar-refractivity contribution in [3.8, 4) is 0 Å². The Kier molecular flexibility index (Phi) is 3.85. The molecule has 0 radical (unpaired) electrons. The fourth-order valence-electron chi connectivity index (χ4n) is 1.32. The molecule has 4 nitrogen and oxygen atoms in total. The molecule has 0 amide bonds. The summed E-state index contributed by atoms with van der Waals surface area (Å²) in [5.74, 6) is 0. The molecule has 3 N–H and O–H groups in total. The Morgan fingerprint density at radius 3 is 2.93 bits per heavy atom. The summed E-state index contributed by atoms with van der Waals surface area (Å²) in [4.78, 5) is 6.08. The third-order valence-electron chi connectivity index (χ3n) is 1.99. The topological polar surface area (TPSA) is 62.4 Å². The molecule has 0 aromatic carbocycles. The van der Waals surface area contributed by atoms with Crippen molar-refractivity contribution < 1.29 is 5.11 Å². The third-order valence-corrected chi connectivity index (χ3v) is 1.99. The summed E-state index contributed by atoms with van der Waals surface area (Å²) >= 11 is 0. The zero-order chi connectivity index (χ0) is 10.6. The first-order chi connectivity index (χ1) is 6.63. The van der Waals surface area contributed by atoms with E-state index in [1.807, 2.05) is 24.1 Å². The second kappa shape index (κ2) is 4.93. The normalized spacial score (nSPS) is 12.6. The standard InChI is InChI=1S/C10H17N3O/c1-8(14)7-13(2)10-3-4-12-9(5-10)6-11/h3-5,8,14H,6-7,11H2,1-2H3. The van der Waals surface area contributed by atoms with E-state index in [1.54, 1.807) is 13.1 Å². The second-order valence-electron chi connectivity index (χ2n) is 3.44. The van der Waals surface area contributed by atoms with Crippen LogP contribution < -0.4 is 10.6 Å². The van der Waals surface area contributed by atoms with Crippen molar-refractivity contribution in [3.05, 3.63) is 24.0 Å². The number of hydrogen-bond acceptors (Lipinski definition) is 4. The summed E-state index contributed by atoms with van der Waals surface area (Å²) in [6, 6.07) is 3.84. The van der Waals surface area contributed by atoms with E-state index >= 15 is 0 Å². The van der Waals surface area contributed by atoms with Gasteiger partial charge < -0.3 is 15.7 Å². The van der Waals surface area contributed by atoms with Crippen LogP contribution >= 0.6 is 0 Å². The number of aliphatic hydroxyl groups excluding tert-OH is 1. The molecule has 14 heavy (non-hydrogen) atoms. The predicted octanol–water partition coefficient (Wildman–Crippen LogP) is 0.357. The van der Waals surface area contributed by atoms with Crippen LogP contribution in [0.4, 0.5) is 5.69 Å². The van der Waals surface area contributed by atoms with Crippen molar-refractivity contribution in [1.82, 2.24) is 4.98 Å². The first-order valence-electron chi connectivity index (χ1n) is 4.67. The summed E-state index contributed by atoms with van der Waals surface area (Å²) in [6.07, 6.45) is 1.39. The van der Waals surface area contributed by atoms with E-state index in [2.05, 4.69) is 4.98 Å². The smallest absolute Gasteiger partial charge is 0.0686 e. The van der Waals surface area contributed by atoms with E-state index < -0.39 is 0 Å². The van der Waals surface area contributed by atoms with Gasteiger partial charge in [0.1, 0.15) is 0 Å². The van der Waals surface area contributed by atoms with E-state index in [0.29, 0.717) is 13.1 Å². The molecule has 0 bridgehead atoms. The summed E-state index contributed by atoms with van der Waals surface area (Å²) in [6.45, 7) is 2.81. The van der Waals surface area contributed by atoms with E-state index in [9.17, 15) is 5.11 Å². The van der Waals surface area contributed by atoms with Crippen molar-refractivity contribution >= 4 is 5.69 Å². The number of hydrogen-bond donors (Lipinski definition) is 2. The number of pyridine rings is 1. The molecular weight excluding hydrogens is 178 g/mol. The first kappa shape index (κ1) is 10.9. The Labute approximate surface area is 84.4 Å². The zero-order valence-corrected chi connectivity index (χ0v) is 8.64. The molecule has 0 aliphatic heterocycles. The molecule has 4 heteroatoms. The number of aromatic nitrogens is 1. The molecule has 1 rings (SSSR count). The molecule has 1 heterocycles. The highest BCUT2D eigenvalue weighted by Crippen LogP contribution is 2.12. The Balaban J connectivity index is 2.73. The van der Waals surface area contributed by atoms with E-state index in [1.165, 1.54) is 0 Å². The quantitative estimate of drug-likeness (QED) is 0.728. The summed E-state index contributed by atoms with van der Waals surface area (Å²) in [7, 11) is 1.93. The van der Waals surface area contributed by atoms with Crippen LogP contribution in [0.15, 0.2) is 18.3 Å². The minimum absolute atomic E-state index is 0.338. The molecular formula is C10H17N3O.